The van der Waals surface area contributed by atoms with Crippen LogP contribution in [-0.4, -0.2) is 22.5 Å². The second-order valence-corrected chi connectivity index (χ2v) is 6.63. The summed E-state index contributed by atoms with van der Waals surface area (Å²) >= 11 is 5.89. The van der Waals surface area contributed by atoms with Gasteiger partial charge in [-0.25, -0.2) is 0 Å². The van der Waals surface area contributed by atoms with E-state index in [1.54, 1.807) is 24.3 Å². The molecule has 2 aliphatic rings. The normalized spacial score (nSPS) is 27.4. The first-order valence-electron chi connectivity index (χ1n) is 7.63. The molecule has 1 spiro atoms. The first-order chi connectivity index (χ1) is 10.5. The smallest absolute Gasteiger partial charge is 0.307 e. The molecule has 2 atom stereocenters. The van der Waals surface area contributed by atoms with Gasteiger partial charge in [0.25, 0.3) is 6.04 Å². The maximum atomic E-state index is 12.1. The maximum absolute atomic E-state index is 12.1. The van der Waals surface area contributed by atoms with Crippen LogP contribution in [0.2, 0.25) is 5.02 Å². The summed E-state index contributed by atoms with van der Waals surface area (Å²) in [7, 11) is 0. The summed E-state index contributed by atoms with van der Waals surface area (Å²) in [6.45, 7) is 0. The van der Waals surface area contributed by atoms with E-state index >= 15 is 0 Å². The Morgan fingerprint density at radius 2 is 1.82 bits per heavy atom. The van der Waals surface area contributed by atoms with Gasteiger partial charge in [-0.15, -0.1) is 0 Å². The highest BCUT2D eigenvalue weighted by Crippen LogP contribution is 2.46. The van der Waals surface area contributed by atoms with E-state index in [2.05, 4.69) is 0 Å². The summed E-state index contributed by atoms with van der Waals surface area (Å²) in [5.41, 5.74) is -0.158. The van der Waals surface area contributed by atoms with E-state index in [1.165, 1.54) is 0 Å². The first kappa shape index (κ1) is 15.3. The van der Waals surface area contributed by atoms with Gasteiger partial charge in [-0.3, -0.25) is 14.9 Å². The number of ether oxygens (including phenoxy) is 1. The van der Waals surface area contributed by atoms with E-state index in [0.29, 0.717) is 17.9 Å². The number of hydrogen-bond donors (Lipinski definition) is 0. The summed E-state index contributed by atoms with van der Waals surface area (Å²) in [5, 5.41) is 12.3. The second-order valence-electron chi connectivity index (χ2n) is 6.19. The van der Waals surface area contributed by atoms with Gasteiger partial charge in [-0.1, -0.05) is 30.2 Å². The summed E-state index contributed by atoms with van der Waals surface area (Å²) in [6, 6.07) is 6.09. The molecule has 1 aromatic carbocycles. The van der Waals surface area contributed by atoms with E-state index in [9.17, 15) is 14.9 Å². The van der Waals surface area contributed by atoms with Crippen molar-refractivity contribution in [1.29, 1.82) is 0 Å². The Hall–Kier alpha value is -1.62. The monoisotopic (exact) mass is 323 g/mol. The average molecular weight is 324 g/mol. The summed E-state index contributed by atoms with van der Waals surface area (Å²) in [4.78, 5) is 23.6. The Morgan fingerprint density at radius 1 is 1.18 bits per heavy atom. The van der Waals surface area contributed by atoms with Crippen molar-refractivity contribution in [2.75, 3.05) is 0 Å². The maximum Gasteiger partial charge on any atom is 0.307 e. The average Bonchev–Trinajstić information content (AvgIpc) is 2.47. The molecule has 0 radical (unpaired) electrons. The molecule has 0 unspecified atom stereocenters. The van der Waals surface area contributed by atoms with Crippen LogP contribution in [0.1, 0.15) is 50.0 Å². The number of esters is 1. The molecule has 0 N–H and O–H groups in total. The second kappa shape index (κ2) is 5.88. The third kappa shape index (κ3) is 2.70. The van der Waals surface area contributed by atoms with Gasteiger partial charge in [0, 0.05) is 9.95 Å². The lowest BCUT2D eigenvalue weighted by molar-refractivity contribution is -0.554. The Labute approximate surface area is 133 Å². The SMILES string of the molecule is O=C1C[C@@H](c2ccc(Cl)cc2)[C@@H]([N+](=O)[O-])C2(CCCCC2)O1. The van der Waals surface area contributed by atoms with Gasteiger partial charge in [0.15, 0.2) is 5.60 Å². The minimum Gasteiger partial charge on any atom is -0.452 e. The van der Waals surface area contributed by atoms with Crippen LogP contribution in [0.3, 0.4) is 0 Å². The van der Waals surface area contributed by atoms with Gasteiger partial charge >= 0.3 is 5.97 Å². The minimum atomic E-state index is -0.943. The highest BCUT2D eigenvalue weighted by Gasteiger charge is 2.58. The van der Waals surface area contributed by atoms with Gasteiger partial charge in [0.05, 0.1) is 12.3 Å². The van der Waals surface area contributed by atoms with Crippen LogP contribution < -0.4 is 0 Å². The van der Waals surface area contributed by atoms with Crippen LogP contribution in [0.15, 0.2) is 24.3 Å². The van der Waals surface area contributed by atoms with Crippen molar-refractivity contribution in [1.82, 2.24) is 0 Å². The molecule has 22 heavy (non-hydrogen) atoms. The van der Waals surface area contributed by atoms with Gasteiger partial charge in [-0.05, 0) is 43.4 Å². The van der Waals surface area contributed by atoms with E-state index in [0.717, 1.165) is 24.8 Å². The lowest BCUT2D eigenvalue weighted by Crippen LogP contribution is -2.57. The highest BCUT2D eigenvalue weighted by atomic mass is 35.5. The first-order valence-corrected chi connectivity index (χ1v) is 8.00. The van der Waals surface area contributed by atoms with Crippen LogP contribution in [-0.2, 0) is 9.53 Å². The molecule has 0 bridgehead atoms. The molecule has 118 valence electrons. The molecular formula is C16H18ClNO4. The molecule has 1 saturated carbocycles. The topological polar surface area (TPSA) is 69.4 Å². The standard InChI is InChI=1S/C16H18ClNO4/c17-12-6-4-11(5-7-12)13-10-14(19)22-16(15(13)18(20)21)8-2-1-3-9-16/h4-7,13,15H,1-3,8-10H2/t13-,15+/m0/s1. The Bertz CT molecular complexity index is 580. The van der Waals surface area contributed by atoms with Crippen LogP contribution in [0.5, 0.6) is 0 Å². The van der Waals surface area contributed by atoms with Crippen molar-refractivity contribution in [3.05, 3.63) is 45.0 Å². The van der Waals surface area contributed by atoms with Crippen molar-refractivity contribution >= 4 is 17.6 Å². The molecule has 6 heteroatoms. The van der Waals surface area contributed by atoms with E-state index in [-0.39, 0.29) is 17.3 Å². The molecule has 1 aliphatic heterocycles. The molecule has 5 nitrogen and oxygen atoms in total. The third-order valence-corrected chi connectivity index (χ3v) is 5.10. The number of benzene rings is 1. The summed E-state index contributed by atoms with van der Waals surface area (Å²) in [6.07, 6.45) is 3.98. The van der Waals surface area contributed by atoms with Crippen LogP contribution >= 0.6 is 11.6 Å². The zero-order valence-corrected chi connectivity index (χ0v) is 12.9. The van der Waals surface area contributed by atoms with Crippen molar-refractivity contribution in [3.63, 3.8) is 0 Å². The van der Waals surface area contributed by atoms with Crippen molar-refractivity contribution in [2.24, 2.45) is 0 Å². The van der Waals surface area contributed by atoms with Crippen LogP contribution in [0.25, 0.3) is 0 Å². The number of hydrogen-bond acceptors (Lipinski definition) is 4. The Kier molecular flexibility index (Phi) is 4.08. The number of halogens is 1. The number of rotatable bonds is 2. The molecule has 1 aliphatic carbocycles. The van der Waals surface area contributed by atoms with E-state index < -0.39 is 17.6 Å². The number of carbonyl (C=O) groups is 1. The highest BCUT2D eigenvalue weighted by molar-refractivity contribution is 6.30. The minimum absolute atomic E-state index is 0.0506. The van der Waals surface area contributed by atoms with Gasteiger partial charge < -0.3 is 4.74 Å². The quantitative estimate of drug-likeness (QED) is 0.472. The molecule has 1 heterocycles. The largest absolute Gasteiger partial charge is 0.452 e. The molecule has 1 aromatic rings. The predicted octanol–water partition coefficient (Wildman–Crippen LogP) is 3.72. The van der Waals surface area contributed by atoms with Gasteiger partial charge in [-0.2, -0.15) is 0 Å². The number of carbonyl (C=O) groups excluding carboxylic acids is 1. The van der Waals surface area contributed by atoms with Gasteiger partial charge in [0.2, 0.25) is 0 Å². The fourth-order valence-corrected chi connectivity index (χ4v) is 4.01. The molecule has 2 fully saturated rings. The Balaban J connectivity index is 2.01. The third-order valence-electron chi connectivity index (χ3n) is 4.85. The van der Waals surface area contributed by atoms with E-state index in [1.807, 2.05) is 0 Å². The van der Waals surface area contributed by atoms with Crippen LogP contribution in [0.4, 0.5) is 0 Å². The zero-order chi connectivity index (χ0) is 15.7. The van der Waals surface area contributed by atoms with Gasteiger partial charge in [0.1, 0.15) is 0 Å². The number of nitrogens with zero attached hydrogens (tertiary/aromatic N) is 1. The fourth-order valence-electron chi connectivity index (χ4n) is 3.88. The zero-order valence-electron chi connectivity index (χ0n) is 12.2. The molecule has 0 amide bonds. The van der Waals surface area contributed by atoms with Crippen molar-refractivity contribution < 1.29 is 14.5 Å². The molecule has 1 saturated heterocycles. The number of nitro groups is 1. The summed E-state index contributed by atoms with van der Waals surface area (Å²) < 4.78 is 5.56. The summed E-state index contributed by atoms with van der Waals surface area (Å²) in [5.74, 6) is -0.786. The molecule has 3 rings (SSSR count). The Morgan fingerprint density at radius 3 is 2.41 bits per heavy atom. The van der Waals surface area contributed by atoms with Crippen molar-refractivity contribution in [3.8, 4) is 0 Å². The van der Waals surface area contributed by atoms with Crippen molar-refractivity contribution in [2.45, 2.75) is 56.1 Å². The predicted molar refractivity (Wildman–Crippen MR) is 81.5 cm³/mol. The fraction of sp³-hybridized carbons (Fsp3) is 0.562. The van der Waals surface area contributed by atoms with Crippen LogP contribution in [0, 0.1) is 10.1 Å². The van der Waals surface area contributed by atoms with E-state index in [4.69, 9.17) is 16.3 Å². The molecule has 0 aromatic heterocycles. The lowest BCUT2D eigenvalue weighted by Gasteiger charge is -2.44. The molecular weight excluding hydrogens is 306 g/mol. The lowest BCUT2D eigenvalue weighted by atomic mass is 9.70.